The summed E-state index contributed by atoms with van der Waals surface area (Å²) in [5, 5.41) is 0.627. The van der Waals surface area contributed by atoms with Crippen LogP contribution in [-0.2, 0) is 4.79 Å². The largest absolute Gasteiger partial charge is 0.397 e. The summed E-state index contributed by atoms with van der Waals surface area (Å²) in [7, 11) is 0. The fourth-order valence-corrected chi connectivity index (χ4v) is 3.26. The number of hydrogen-bond acceptors (Lipinski definition) is 6. The second-order valence-electron chi connectivity index (χ2n) is 6.66. The Bertz CT molecular complexity index is 1170. The second kappa shape index (κ2) is 7.63. The Morgan fingerprint density at radius 1 is 0.933 bits per heavy atom. The number of rotatable bonds is 4. The van der Waals surface area contributed by atoms with E-state index in [1.165, 1.54) is 6.20 Å². The van der Waals surface area contributed by atoms with Crippen molar-refractivity contribution >= 4 is 40.2 Å². The number of hydrogen-bond donors (Lipinski definition) is 3. The summed E-state index contributed by atoms with van der Waals surface area (Å²) in [6, 6.07) is 13.6. The van der Waals surface area contributed by atoms with E-state index in [-0.39, 0.29) is 24.2 Å². The van der Waals surface area contributed by atoms with E-state index in [0.29, 0.717) is 22.0 Å². The highest BCUT2D eigenvalue weighted by Gasteiger charge is 2.34. The van der Waals surface area contributed by atoms with E-state index in [2.05, 4.69) is 15.8 Å². The molecular formula is C21H17N5O4. The third kappa shape index (κ3) is 3.32. The molecule has 9 heteroatoms. The molecule has 2 aromatic carbocycles. The van der Waals surface area contributed by atoms with Gasteiger partial charge in [-0.1, -0.05) is 30.3 Å². The number of nitrogens with two attached hydrogens (primary N) is 1. The number of fused-ring (bicyclic) bond motifs is 2. The number of imide groups is 1. The number of aromatic nitrogens is 1. The minimum absolute atomic E-state index is 0.103. The minimum Gasteiger partial charge on any atom is -0.397 e. The van der Waals surface area contributed by atoms with E-state index in [9.17, 15) is 19.2 Å². The summed E-state index contributed by atoms with van der Waals surface area (Å²) in [5.41, 5.74) is 12.2. The van der Waals surface area contributed by atoms with E-state index >= 15 is 0 Å². The quantitative estimate of drug-likeness (QED) is 0.443. The summed E-state index contributed by atoms with van der Waals surface area (Å²) < 4.78 is 0. The first-order chi connectivity index (χ1) is 14.5. The molecule has 0 aliphatic carbocycles. The predicted octanol–water partition coefficient (Wildman–Crippen LogP) is 1.26. The number of carbonyl (C=O) groups excluding carboxylic acids is 4. The van der Waals surface area contributed by atoms with Gasteiger partial charge in [0.05, 0.1) is 27.9 Å². The van der Waals surface area contributed by atoms with Crippen LogP contribution in [0.4, 0.5) is 5.69 Å². The predicted molar refractivity (Wildman–Crippen MR) is 108 cm³/mol. The molecule has 0 saturated carbocycles. The molecule has 0 unspecified atom stereocenters. The molecule has 0 radical (unpaired) electrons. The van der Waals surface area contributed by atoms with Crippen LogP contribution < -0.4 is 16.6 Å². The van der Waals surface area contributed by atoms with E-state index in [1.54, 1.807) is 42.5 Å². The molecule has 1 aromatic heterocycles. The molecule has 0 saturated heterocycles. The maximum absolute atomic E-state index is 12.4. The van der Waals surface area contributed by atoms with Gasteiger partial charge >= 0.3 is 0 Å². The molecule has 0 atom stereocenters. The Morgan fingerprint density at radius 3 is 2.27 bits per heavy atom. The van der Waals surface area contributed by atoms with Gasteiger partial charge in [0.25, 0.3) is 17.7 Å². The van der Waals surface area contributed by atoms with Crippen LogP contribution in [0.2, 0.25) is 0 Å². The zero-order valence-corrected chi connectivity index (χ0v) is 15.7. The highest BCUT2D eigenvalue weighted by atomic mass is 16.2. The van der Waals surface area contributed by atoms with Gasteiger partial charge in [-0.2, -0.15) is 0 Å². The Labute approximate surface area is 170 Å². The molecule has 30 heavy (non-hydrogen) atoms. The van der Waals surface area contributed by atoms with Crippen LogP contribution >= 0.6 is 0 Å². The smallest absolute Gasteiger partial charge is 0.273 e. The molecule has 4 rings (SSSR count). The average molecular weight is 403 g/mol. The first-order valence-corrected chi connectivity index (χ1v) is 9.15. The Kier molecular flexibility index (Phi) is 4.85. The summed E-state index contributed by atoms with van der Waals surface area (Å²) >= 11 is 0. The summed E-state index contributed by atoms with van der Waals surface area (Å²) in [6.45, 7) is -0.103. The van der Waals surface area contributed by atoms with E-state index in [1.807, 2.05) is 6.07 Å². The molecule has 0 fully saturated rings. The number of nitrogens with zero attached hydrogens (tertiary/aromatic N) is 2. The van der Waals surface area contributed by atoms with Gasteiger partial charge in [-0.05, 0) is 18.2 Å². The topological polar surface area (TPSA) is 134 Å². The third-order valence-electron chi connectivity index (χ3n) is 4.82. The Morgan fingerprint density at radius 2 is 1.57 bits per heavy atom. The number of anilines is 1. The third-order valence-corrected chi connectivity index (χ3v) is 4.82. The van der Waals surface area contributed by atoms with Crippen molar-refractivity contribution < 1.29 is 19.2 Å². The number of carbonyl (C=O) groups is 4. The molecule has 9 nitrogen and oxygen atoms in total. The van der Waals surface area contributed by atoms with Crippen LogP contribution in [0.15, 0.2) is 54.7 Å². The Balaban J connectivity index is 1.35. The molecule has 4 N–H and O–H groups in total. The Hall–Kier alpha value is -4.27. The molecule has 1 aliphatic rings. The maximum atomic E-state index is 12.4. The van der Waals surface area contributed by atoms with Crippen LogP contribution in [0.5, 0.6) is 0 Å². The van der Waals surface area contributed by atoms with Gasteiger partial charge < -0.3 is 5.73 Å². The van der Waals surface area contributed by atoms with Crippen molar-refractivity contribution in [2.45, 2.75) is 6.42 Å². The van der Waals surface area contributed by atoms with Crippen LogP contribution in [-0.4, -0.2) is 40.1 Å². The number of para-hydroxylation sites is 1. The van der Waals surface area contributed by atoms with Gasteiger partial charge in [-0.25, -0.2) is 0 Å². The van der Waals surface area contributed by atoms with Gasteiger partial charge in [-0.15, -0.1) is 0 Å². The van der Waals surface area contributed by atoms with Crippen LogP contribution in [0, 0.1) is 0 Å². The fraction of sp³-hybridized carbons (Fsp3) is 0.0952. The van der Waals surface area contributed by atoms with E-state index in [4.69, 9.17) is 5.73 Å². The SMILES string of the molecule is Nc1c(C(=O)NNC(=O)CCN2C(=O)c3ccccc3C2=O)cnc2ccccc12. The van der Waals surface area contributed by atoms with E-state index in [0.717, 1.165) is 4.90 Å². The standard InChI is InChI=1S/C21H17N5O4/c22-18-14-7-3-4-8-16(14)23-11-15(18)19(28)25-24-17(27)9-10-26-20(29)12-5-1-2-6-13(12)21(26)30/h1-8,11H,9-10H2,(H2,22,23)(H,24,27)(H,25,28). The lowest BCUT2D eigenvalue weighted by Gasteiger charge is -2.14. The molecule has 4 amide bonds. The van der Waals surface area contributed by atoms with Crippen molar-refractivity contribution in [3.05, 3.63) is 71.4 Å². The number of amides is 4. The van der Waals surface area contributed by atoms with Gasteiger partial charge in [0.2, 0.25) is 5.91 Å². The van der Waals surface area contributed by atoms with Crippen LogP contribution in [0.3, 0.4) is 0 Å². The highest BCUT2D eigenvalue weighted by Crippen LogP contribution is 2.23. The molecule has 0 spiro atoms. The highest BCUT2D eigenvalue weighted by molar-refractivity contribution is 6.21. The minimum atomic E-state index is -0.625. The summed E-state index contributed by atoms with van der Waals surface area (Å²) in [4.78, 5) is 54.2. The van der Waals surface area contributed by atoms with Crippen molar-refractivity contribution in [2.75, 3.05) is 12.3 Å². The van der Waals surface area contributed by atoms with Crippen LogP contribution in [0.1, 0.15) is 37.5 Å². The van der Waals surface area contributed by atoms with Gasteiger partial charge in [-0.3, -0.25) is 39.9 Å². The summed E-state index contributed by atoms with van der Waals surface area (Å²) in [5.74, 6) is -2.07. The maximum Gasteiger partial charge on any atom is 0.273 e. The fourth-order valence-electron chi connectivity index (χ4n) is 3.26. The second-order valence-corrected chi connectivity index (χ2v) is 6.66. The number of benzene rings is 2. The van der Waals surface area contributed by atoms with E-state index < -0.39 is 23.6 Å². The molecule has 1 aliphatic heterocycles. The lowest BCUT2D eigenvalue weighted by molar-refractivity contribution is -0.121. The van der Waals surface area contributed by atoms with Gasteiger partial charge in [0.15, 0.2) is 0 Å². The number of nitrogen functional groups attached to an aromatic ring is 1. The first kappa shape index (κ1) is 19.1. The lowest BCUT2D eigenvalue weighted by Crippen LogP contribution is -2.43. The van der Waals surface area contributed by atoms with Crippen molar-refractivity contribution in [1.29, 1.82) is 0 Å². The summed E-state index contributed by atoms with van der Waals surface area (Å²) in [6.07, 6.45) is 1.16. The zero-order chi connectivity index (χ0) is 21.3. The zero-order valence-electron chi connectivity index (χ0n) is 15.7. The molecule has 0 bridgehead atoms. The van der Waals surface area contributed by atoms with Crippen molar-refractivity contribution in [2.24, 2.45) is 0 Å². The number of nitrogens with one attached hydrogen (secondary N) is 2. The average Bonchev–Trinajstić information content (AvgIpc) is 3.01. The molecular weight excluding hydrogens is 386 g/mol. The number of pyridine rings is 1. The first-order valence-electron chi connectivity index (χ1n) is 9.15. The molecule has 2 heterocycles. The lowest BCUT2D eigenvalue weighted by atomic mass is 10.1. The van der Waals surface area contributed by atoms with Gasteiger partial charge in [0.1, 0.15) is 0 Å². The van der Waals surface area contributed by atoms with Crippen molar-refractivity contribution in [3.63, 3.8) is 0 Å². The molecule has 150 valence electrons. The van der Waals surface area contributed by atoms with Gasteiger partial charge in [0, 0.05) is 24.5 Å². The van der Waals surface area contributed by atoms with Crippen LogP contribution in [0.25, 0.3) is 10.9 Å². The normalized spacial score (nSPS) is 12.7. The number of hydrazine groups is 1. The van der Waals surface area contributed by atoms with Crippen molar-refractivity contribution in [3.8, 4) is 0 Å². The molecule has 3 aromatic rings. The van der Waals surface area contributed by atoms with Crippen molar-refractivity contribution in [1.82, 2.24) is 20.7 Å². The monoisotopic (exact) mass is 403 g/mol.